The molecule has 106 valence electrons. The molecule has 18 heavy (non-hydrogen) atoms. The molecule has 1 aliphatic rings. The zero-order chi connectivity index (χ0) is 14.8. The van der Waals surface area contributed by atoms with Crippen LogP contribution < -0.4 is 0 Å². The van der Waals surface area contributed by atoms with Gasteiger partial charge in [0, 0.05) is 0 Å². The summed E-state index contributed by atoms with van der Waals surface area (Å²) >= 11 is 0. The van der Waals surface area contributed by atoms with Crippen LogP contribution in [0.3, 0.4) is 0 Å². The number of hydrogen-bond acceptors (Lipinski definition) is 1. The molecule has 1 aliphatic carbocycles. The molecule has 1 atom stereocenters. The molecule has 0 radical (unpaired) electrons. The van der Waals surface area contributed by atoms with Crippen molar-refractivity contribution < 1.29 is 48.7 Å². The first-order valence-electron chi connectivity index (χ1n) is 4.05. The van der Waals surface area contributed by atoms with E-state index in [2.05, 4.69) is 0 Å². The van der Waals surface area contributed by atoms with E-state index in [1.807, 2.05) is 0 Å². The van der Waals surface area contributed by atoms with E-state index in [4.69, 9.17) is 0 Å². The zero-order valence-electron chi connectivity index (χ0n) is 7.89. The van der Waals surface area contributed by atoms with E-state index >= 15 is 0 Å². The molecule has 1 unspecified atom stereocenters. The molecular weight excluding hydrogens is 290 g/mol. The van der Waals surface area contributed by atoms with Gasteiger partial charge >= 0.3 is 29.7 Å². The molecule has 0 bridgehead atoms. The maximum absolute atomic E-state index is 13.0. The van der Waals surface area contributed by atoms with Gasteiger partial charge in [-0.2, -0.15) is 39.5 Å². The Hall–Kier alpha value is -1.03. The van der Waals surface area contributed by atoms with Gasteiger partial charge in [-0.3, -0.25) is 4.79 Å². The van der Waals surface area contributed by atoms with Gasteiger partial charge in [0.1, 0.15) is 0 Å². The quantitative estimate of drug-likeness (QED) is 0.536. The molecule has 0 aromatic heterocycles. The lowest BCUT2D eigenvalue weighted by Gasteiger charge is -2.46. The predicted octanol–water partition coefficient (Wildman–Crippen LogP) is 3.14. The summed E-state index contributed by atoms with van der Waals surface area (Å²) in [5.41, 5.74) is -5.72. The minimum Gasteiger partial charge on any atom is -0.257 e. The summed E-state index contributed by atoms with van der Waals surface area (Å²) in [5, 5.41) is 0. The maximum Gasteiger partial charge on any atom is 0.382 e. The van der Waals surface area contributed by atoms with E-state index in [9.17, 15) is 48.7 Å². The van der Waals surface area contributed by atoms with Gasteiger partial charge in [0.15, 0.2) is 0 Å². The van der Waals surface area contributed by atoms with Crippen molar-refractivity contribution in [3.8, 4) is 0 Å². The van der Waals surface area contributed by atoms with E-state index in [-0.39, 0.29) is 0 Å². The summed E-state index contributed by atoms with van der Waals surface area (Å²) in [6.07, 6.45) is -3.38. The first-order chi connectivity index (χ1) is 7.65. The lowest BCUT2D eigenvalue weighted by molar-refractivity contribution is -0.419. The maximum atomic E-state index is 13.0. The van der Waals surface area contributed by atoms with Gasteiger partial charge in [0.05, 0.1) is 6.42 Å². The molecule has 1 saturated carbocycles. The van der Waals surface area contributed by atoms with Crippen LogP contribution in [0.5, 0.6) is 0 Å². The lowest BCUT2D eigenvalue weighted by atomic mass is 9.75. The molecule has 0 saturated heterocycles. The molecule has 0 aromatic carbocycles. The van der Waals surface area contributed by atoms with Crippen molar-refractivity contribution >= 4 is 6.04 Å². The van der Waals surface area contributed by atoms with Crippen LogP contribution in [0.15, 0.2) is 0 Å². The van der Waals surface area contributed by atoms with Crippen molar-refractivity contribution in [1.29, 1.82) is 0 Å². The van der Waals surface area contributed by atoms with Crippen LogP contribution in [0.4, 0.5) is 43.9 Å². The predicted molar refractivity (Wildman–Crippen MR) is 34.4 cm³/mol. The smallest absolute Gasteiger partial charge is 0.257 e. The minimum atomic E-state index is -6.93. The van der Waals surface area contributed by atoms with E-state index in [1.165, 1.54) is 0 Å². The Labute approximate surface area is 91.7 Å². The van der Waals surface area contributed by atoms with Gasteiger partial charge in [-0.1, -0.05) is 0 Å². The fraction of sp³-hybridized carbons (Fsp3) is 0.857. The zero-order valence-corrected chi connectivity index (χ0v) is 7.89. The molecule has 1 rings (SSSR count). The third kappa shape index (κ3) is 1.32. The molecule has 0 spiro atoms. The van der Waals surface area contributed by atoms with Gasteiger partial charge in [-0.05, 0) is 0 Å². The molecule has 0 N–H and O–H groups in total. The van der Waals surface area contributed by atoms with Crippen LogP contribution >= 0.6 is 0 Å². The number of hydrogen-bond donors (Lipinski definition) is 0. The van der Waals surface area contributed by atoms with Crippen molar-refractivity contribution in [2.45, 2.75) is 35.8 Å². The van der Waals surface area contributed by atoms with Gasteiger partial charge in [0.25, 0.3) is 5.67 Å². The number of carbonyl (C=O) groups is 1. The van der Waals surface area contributed by atoms with Gasteiger partial charge < -0.3 is 0 Å². The Kier molecular flexibility index (Phi) is 2.75. The van der Waals surface area contributed by atoms with E-state index in [0.29, 0.717) is 0 Å². The number of alkyl halides is 9. The summed E-state index contributed by atoms with van der Waals surface area (Å²) < 4.78 is 126. The summed E-state index contributed by atoms with van der Waals surface area (Å²) in [6.45, 7) is 0. The topological polar surface area (TPSA) is 17.1 Å². The molecule has 1 nitrogen and oxygen atoms in total. The fourth-order valence-electron chi connectivity index (χ4n) is 1.40. The fourth-order valence-corrected chi connectivity index (χ4v) is 1.40. The Morgan fingerprint density at radius 2 is 1.11 bits per heavy atom. The van der Waals surface area contributed by atoms with Crippen molar-refractivity contribution in [3.05, 3.63) is 0 Å². The standard InChI is InChI=1S/C7H2F10O/c8-2(18)3(9)1-4(10,11)6(14,15)7(16,17)5(3,12)13/h1H2. The van der Waals surface area contributed by atoms with Crippen molar-refractivity contribution in [1.82, 2.24) is 0 Å². The second-order valence-corrected chi connectivity index (χ2v) is 3.68. The summed E-state index contributed by atoms with van der Waals surface area (Å²) in [4.78, 5) is 9.89. The largest absolute Gasteiger partial charge is 0.382 e. The average molecular weight is 292 g/mol. The molecular formula is C7H2F10O. The third-order valence-corrected chi connectivity index (χ3v) is 2.52. The number of carbonyl (C=O) groups excluding carboxylic acids is 1. The molecule has 0 heterocycles. The molecule has 0 aromatic rings. The SMILES string of the molecule is O=C(F)C1(F)CC(F)(F)C(F)(F)C(F)(F)C1(F)F. The molecule has 1 fully saturated rings. The monoisotopic (exact) mass is 292 g/mol. The van der Waals surface area contributed by atoms with Crippen molar-refractivity contribution in [2.75, 3.05) is 0 Å². The van der Waals surface area contributed by atoms with Gasteiger partial charge in [0.2, 0.25) is 0 Å². The first-order valence-corrected chi connectivity index (χ1v) is 4.05. The Morgan fingerprint density at radius 1 is 0.722 bits per heavy atom. The lowest BCUT2D eigenvalue weighted by Crippen LogP contribution is -2.76. The van der Waals surface area contributed by atoms with Crippen LogP contribution in [-0.2, 0) is 4.79 Å². The van der Waals surface area contributed by atoms with E-state index in [1.54, 1.807) is 0 Å². The van der Waals surface area contributed by atoms with Gasteiger partial charge in [-0.15, -0.1) is 0 Å². The van der Waals surface area contributed by atoms with Crippen LogP contribution in [0.2, 0.25) is 0 Å². The van der Waals surface area contributed by atoms with Crippen LogP contribution in [0.1, 0.15) is 6.42 Å². The first kappa shape index (κ1) is 15.0. The summed E-state index contributed by atoms with van der Waals surface area (Å²) in [5.74, 6) is -26.2. The van der Waals surface area contributed by atoms with Crippen molar-refractivity contribution in [2.24, 2.45) is 0 Å². The van der Waals surface area contributed by atoms with Crippen LogP contribution in [-0.4, -0.2) is 35.4 Å². The van der Waals surface area contributed by atoms with Crippen LogP contribution in [0.25, 0.3) is 0 Å². The van der Waals surface area contributed by atoms with Gasteiger partial charge in [-0.25, -0.2) is 4.39 Å². The second-order valence-electron chi connectivity index (χ2n) is 3.68. The van der Waals surface area contributed by atoms with Crippen molar-refractivity contribution in [3.63, 3.8) is 0 Å². The molecule has 11 heteroatoms. The normalized spacial score (nSPS) is 36.1. The molecule has 0 amide bonds. The average Bonchev–Trinajstić information content (AvgIpc) is 2.13. The number of halogens is 10. The highest BCUT2D eigenvalue weighted by Gasteiger charge is 2.92. The summed E-state index contributed by atoms with van der Waals surface area (Å²) in [6, 6.07) is -3.87. The highest BCUT2D eigenvalue weighted by atomic mass is 19.4. The van der Waals surface area contributed by atoms with E-state index < -0.39 is 41.8 Å². The highest BCUT2D eigenvalue weighted by Crippen LogP contribution is 2.64. The highest BCUT2D eigenvalue weighted by molar-refractivity contribution is 5.80. The minimum absolute atomic E-state index is 3.38. The van der Waals surface area contributed by atoms with Crippen LogP contribution in [0, 0.1) is 0 Å². The Morgan fingerprint density at radius 3 is 1.44 bits per heavy atom. The second kappa shape index (κ2) is 3.29. The molecule has 0 aliphatic heterocycles. The Balaban J connectivity index is 3.57. The number of rotatable bonds is 1. The summed E-state index contributed by atoms with van der Waals surface area (Å²) in [7, 11) is 0. The van der Waals surface area contributed by atoms with E-state index in [0.717, 1.165) is 0 Å². The third-order valence-electron chi connectivity index (χ3n) is 2.52. The Bertz CT molecular complexity index is 388.